The molecule has 0 aliphatic carbocycles. The van der Waals surface area contributed by atoms with Crippen LogP contribution in [0.2, 0.25) is 0 Å². The standard InChI is InChI=1S/C17H23N3O2/c1-12(2)13-4-6-15(7-5-13)20-16(8-9-18)10-14(19-20)11-17(21)22-3/h4-7,10,12H,8-9,11,18H2,1-3H3. The molecule has 0 bridgehead atoms. The van der Waals surface area contributed by atoms with Crippen molar-refractivity contribution in [2.45, 2.75) is 32.6 Å². The molecule has 0 atom stereocenters. The first-order valence-electron chi connectivity index (χ1n) is 7.50. The van der Waals surface area contributed by atoms with Crippen molar-refractivity contribution in [2.75, 3.05) is 13.7 Å². The molecule has 1 aromatic heterocycles. The molecule has 2 aromatic rings. The molecule has 2 rings (SSSR count). The van der Waals surface area contributed by atoms with E-state index in [1.165, 1.54) is 12.7 Å². The Morgan fingerprint density at radius 1 is 1.32 bits per heavy atom. The third kappa shape index (κ3) is 3.74. The molecule has 0 aliphatic rings. The zero-order valence-corrected chi connectivity index (χ0v) is 13.4. The molecule has 0 fully saturated rings. The van der Waals surface area contributed by atoms with Crippen LogP contribution in [-0.2, 0) is 22.4 Å². The Hall–Kier alpha value is -2.14. The number of esters is 1. The van der Waals surface area contributed by atoms with Gasteiger partial charge >= 0.3 is 5.97 Å². The smallest absolute Gasteiger partial charge is 0.311 e. The molecule has 5 heteroatoms. The Kier molecular flexibility index (Phi) is 5.33. The Morgan fingerprint density at radius 2 is 2.00 bits per heavy atom. The highest BCUT2D eigenvalue weighted by atomic mass is 16.5. The summed E-state index contributed by atoms with van der Waals surface area (Å²) in [6.07, 6.45) is 0.880. The molecule has 0 saturated carbocycles. The van der Waals surface area contributed by atoms with Crippen LogP contribution >= 0.6 is 0 Å². The summed E-state index contributed by atoms with van der Waals surface area (Å²) in [4.78, 5) is 11.4. The second kappa shape index (κ2) is 7.22. The highest BCUT2D eigenvalue weighted by molar-refractivity contribution is 5.71. The maximum Gasteiger partial charge on any atom is 0.311 e. The lowest BCUT2D eigenvalue weighted by molar-refractivity contribution is -0.139. The monoisotopic (exact) mass is 301 g/mol. The number of hydrogen-bond donors (Lipinski definition) is 1. The number of carbonyl (C=O) groups excluding carboxylic acids is 1. The quantitative estimate of drug-likeness (QED) is 0.831. The summed E-state index contributed by atoms with van der Waals surface area (Å²) in [7, 11) is 1.38. The first kappa shape index (κ1) is 16.2. The molecule has 5 nitrogen and oxygen atoms in total. The number of methoxy groups -OCH3 is 1. The fourth-order valence-electron chi connectivity index (χ4n) is 2.33. The normalized spacial score (nSPS) is 11.0. The van der Waals surface area contributed by atoms with Crippen molar-refractivity contribution in [3.8, 4) is 5.69 Å². The summed E-state index contributed by atoms with van der Waals surface area (Å²) in [6, 6.07) is 10.2. The van der Waals surface area contributed by atoms with Crippen molar-refractivity contribution in [1.82, 2.24) is 9.78 Å². The molecule has 118 valence electrons. The van der Waals surface area contributed by atoms with Gasteiger partial charge in [-0.25, -0.2) is 4.68 Å². The number of rotatable bonds is 6. The molecule has 0 amide bonds. The summed E-state index contributed by atoms with van der Waals surface area (Å²) < 4.78 is 6.55. The number of hydrogen-bond acceptors (Lipinski definition) is 4. The Labute approximate surface area is 131 Å². The van der Waals surface area contributed by atoms with Crippen molar-refractivity contribution in [3.63, 3.8) is 0 Å². The molecule has 0 saturated heterocycles. The minimum absolute atomic E-state index is 0.172. The lowest BCUT2D eigenvalue weighted by atomic mass is 10.0. The van der Waals surface area contributed by atoms with E-state index >= 15 is 0 Å². The molecule has 0 radical (unpaired) electrons. The average Bonchev–Trinajstić information content (AvgIpc) is 2.90. The van der Waals surface area contributed by atoms with E-state index in [1.54, 1.807) is 0 Å². The molecule has 1 heterocycles. The maximum atomic E-state index is 11.4. The van der Waals surface area contributed by atoms with E-state index < -0.39 is 0 Å². The minimum Gasteiger partial charge on any atom is -0.469 e. The SMILES string of the molecule is COC(=O)Cc1cc(CCN)n(-c2ccc(C(C)C)cc2)n1. The van der Waals surface area contributed by atoms with Gasteiger partial charge in [0.05, 0.1) is 24.9 Å². The van der Waals surface area contributed by atoms with Crippen molar-refractivity contribution >= 4 is 5.97 Å². The molecule has 0 spiro atoms. The van der Waals surface area contributed by atoms with Gasteiger partial charge < -0.3 is 10.5 Å². The van der Waals surface area contributed by atoms with Gasteiger partial charge in [-0.2, -0.15) is 5.10 Å². The molecule has 22 heavy (non-hydrogen) atoms. The average molecular weight is 301 g/mol. The first-order valence-corrected chi connectivity index (χ1v) is 7.50. The van der Waals surface area contributed by atoms with E-state index in [2.05, 4.69) is 31.1 Å². The van der Waals surface area contributed by atoms with Crippen molar-refractivity contribution in [2.24, 2.45) is 5.73 Å². The third-order valence-corrected chi connectivity index (χ3v) is 3.59. The first-order chi connectivity index (χ1) is 10.5. The Morgan fingerprint density at radius 3 is 2.55 bits per heavy atom. The molecular formula is C17H23N3O2. The van der Waals surface area contributed by atoms with Gasteiger partial charge in [0.25, 0.3) is 0 Å². The molecule has 0 aliphatic heterocycles. The number of ether oxygens (including phenoxy) is 1. The van der Waals surface area contributed by atoms with E-state index in [0.717, 1.165) is 11.4 Å². The number of nitrogens with two attached hydrogens (primary N) is 1. The number of benzene rings is 1. The number of nitrogens with zero attached hydrogens (tertiary/aromatic N) is 2. The largest absolute Gasteiger partial charge is 0.469 e. The molecule has 2 N–H and O–H groups in total. The van der Waals surface area contributed by atoms with Crippen LogP contribution in [0.1, 0.15) is 36.7 Å². The summed E-state index contributed by atoms with van der Waals surface area (Å²) in [5.74, 6) is 0.198. The summed E-state index contributed by atoms with van der Waals surface area (Å²) in [5, 5.41) is 4.52. The Balaban J connectivity index is 2.33. The topological polar surface area (TPSA) is 70.1 Å². The van der Waals surface area contributed by atoms with Gasteiger partial charge in [0.2, 0.25) is 0 Å². The third-order valence-electron chi connectivity index (χ3n) is 3.59. The fraction of sp³-hybridized carbons (Fsp3) is 0.412. The highest BCUT2D eigenvalue weighted by Gasteiger charge is 2.12. The highest BCUT2D eigenvalue weighted by Crippen LogP contribution is 2.19. The fourth-order valence-corrected chi connectivity index (χ4v) is 2.33. The van der Waals surface area contributed by atoms with Crippen molar-refractivity contribution in [1.29, 1.82) is 0 Å². The molecule has 1 aromatic carbocycles. The van der Waals surface area contributed by atoms with Crippen LogP contribution in [0, 0.1) is 0 Å². The number of aromatic nitrogens is 2. The van der Waals surface area contributed by atoms with Crippen LogP contribution in [0.15, 0.2) is 30.3 Å². The second-order valence-electron chi connectivity index (χ2n) is 5.58. The molecule has 0 unspecified atom stereocenters. The van der Waals surface area contributed by atoms with Gasteiger partial charge in [-0.15, -0.1) is 0 Å². The van der Waals surface area contributed by atoms with E-state index in [0.29, 0.717) is 24.6 Å². The van der Waals surface area contributed by atoms with Crippen LogP contribution in [0.5, 0.6) is 0 Å². The van der Waals surface area contributed by atoms with E-state index in [-0.39, 0.29) is 12.4 Å². The van der Waals surface area contributed by atoms with Crippen molar-refractivity contribution < 1.29 is 9.53 Å². The predicted octanol–water partition coefficient (Wildman–Crippen LogP) is 2.21. The second-order valence-corrected chi connectivity index (χ2v) is 5.58. The maximum absolute atomic E-state index is 11.4. The predicted molar refractivity (Wildman–Crippen MR) is 86.1 cm³/mol. The molecular weight excluding hydrogens is 278 g/mol. The van der Waals surface area contributed by atoms with Crippen LogP contribution < -0.4 is 5.73 Å². The lowest BCUT2D eigenvalue weighted by Crippen LogP contribution is -2.09. The van der Waals surface area contributed by atoms with Crippen LogP contribution in [-0.4, -0.2) is 29.4 Å². The van der Waals surface area contributed by atoms with E-state index in [9.17, 15) is 4.79 Å². The van der Waals surface area contributed by atoms with Crippen LogP contribution in [0.3, 0.4) is 0 Å². The van der Waals surface area contributed by atoms with Crippen molar-refractivity contribution in [3.05, 3.63) is 47.3 Å². The summed E-state index contributed by atoms with van der Waals surface area (Å²) in [6.45, 7) is 4.86. The number of carbonyl (C=O) groups is 1. The summed E-state index contributed by atoms with van der Waals surface area (Å²) in [5.41, 5.74) is 9.63. The van der Waals surface area contributed by atoms with Crippen LogP contribution in [0.25, 0.3) is 5.69 Å². The zero-order valence-electron chi connectivity index (χ0n) is 13.4. The van der Waals surface area contributed by atoms with Crippen LogP contribution in [0.4, 0.5) is 0 Å². The van der Waals surface area contributed by atoms with E-state index in [1.807, 2.05) is 22.9 Å². The van der Waals surface area contributed by atoms with Gasteiger partial charge in [-0.1, -0.05) is 26.0 Å². The van der Waals surface area contributed by atoms with E-state index in [4.69, 9.17) is 10.5 Å². The zero-order chi connectivity index (χ0) is 16.1. The van der Waals surface area contributed by atoms with Gasteiger partial charge in [0.15, 0.2) is 0 Å². The Bertz CT molecular complexity index is 630. The summed E-state index contributed by atoms with van der Waals surface area (Å²) >= 11 is 0. The van der Waals surface area contributed by atoms with Gasteiger partial charge in [-0.3, -0.25) is 4.79 Å². The van der Waals surface area contributed by atoms with Gasteiger partial charge in [0, 0.05) is 12.1 Å². The minimum atomic E-state index is -0.292. The lowest BCUT2D eigenvalue weighted by Gasteiger charge is -2.09. The van der Waals surface area contributed by atoms with Gasteiger partial charge in [0.1, 0.15) is 0 Å². The van der Waals surface area contributed by atoms with Gasteiger partial charge in [-0.05, 0) is 36.2 Å².